The number of aryl methyl sites for hydroxylation is 1. The molecule has 0 bridgehead atoms. The quantitative estimate of drug-likeness (QED) is 0.422. The Morgan fingerprint density at radius 2 is 1.88 bits per heavy atom. The van der Waals surface area contributed by atoms with Crippen molar-refractivity contribution in [3.63, 3.8) is 0 Å². The summed E-state index contributed by atoms with van der Waals surface area (Å²) in [5, 5.41) is 12.0. The van der Waals surface area contributed by atoms with Crippen LogP contribution in [0.1, 0.15) is 42.4 Å². The number of carbonyl (C=O) groups is 1. The molecular formula is C24H26N6O2S. The minimum Gasteiger partial charge on any atom is -0.325 e. The van der Waals surface area contributed by atoms with Crippen LogP contribution in [0.3, 0.4) is 0 Å². The normalized spacial score (nSPS) is 11.3. The van der Waals surface area contributed by atoms with E-state index in [2.05, 4.69) is 34.3 Å². The molecule has 0 aliphatic carbocycles. The molecule has 1 amide bonds. The lowest BCUT2D eigenvalue weighted by atomic mass is 10.0. The monoisotopic (exact) mass is 462 g/mol. The third kappa shape index (κ3) is 4.98. The number of hydrogen-bond acceptors (Lipinski definition) is 6. The van der Waals surface area contributed by atoms with Crippen molar-refractivity contribution < 1.29 is 4.79 Å². The van der Waals surface area contributed by atoms with Crippen molar-refractivity contribution in [2.45, 2.75) is 38.3 Å². The van der Waals surface area contributed by atoms with Gasteiger partial charge in [-0.1, -0.05) is 43.8 Å². The number of thioether (sulfide) groups is 1. The summed E-state index contributed by atoms with van der Waals surface area (Å²) in [6.07, 6.45) is 2.02. The fourth-order valence-electron chi connectivity index (χ4n) is 3.50. The van der Waals surface area contributed by atoms with E-state index in [9.17, 15) is 9.59 Å². The van der Waals surface area contributed by atoms with Gasteiger partial charge in [0, 0.05) is 36.6 Å². The van der Waals surface area contributed by atoms with Gasteiger partial charge in [0.05, 0.1) is 5.75 Å². The Hall–Kier alpha value is -3.46. The number of anilines is 1. The Labute approximate surface area is 196 Å². The third-order valence-electron chi connectivity index (χ3n) is 5.49. The molecule has 0 radical (unpaired) electrons. The molecule has 1 N–H and O–H groups in total. The zero-order valence-electron chi connectivity index (χ0n) is 19.1. The van der Waals surface area contributed by atoms with E-state index in [0.717, 1.165) is 5.69 Å². The van der Waals surface area contributed by atoms with E-state index in [4.69, 9.17) is 0 Å². The van der Waals surface area contributed by atoms with Crippen LogP contribution < -0.4 is 10.9 Å². The molecule has 9 heteroatoms. The average molecular weight is 463 g/mol. The van der Waals surface area contributed by atoms with Gasteiger partial charge in [-0.3, -0.25) is 14.0 Å². The number of carbonyl (C=O) groups excluding carboxylic acids is 1. The first-order chi connectivity index (χ1) is 15.8. The number of hydrogen-bond donors (Lipinski definition) is 1. The number of amides is 1. The predicted molar refractivity (Wildman–Crippen MR) is 130 cm³/mol. The highest BCUT2D eigenvalue weighted by atomic mass is 32.2. The van der Waals surface area contributed by atoms with Gasteiger partial charge in [0.25, 0.3) is 5.56 Å². The summed E-state index contributed by atoms with van der Waals surface area (Å²) in [6.45, 7) is 6.09. The molecule has 0 unspecified atom stereocenters. The lowest BCUT2D eigenvalue weighted by Crippen LogP contribution is -2.22. The number of nitrogens with one attached hydrogen (secondary N) is 1. The molecular weight excluding hydrogens is 436 g/mol. The molecule has 4 aromatic rings. The van der Waals surface area contributed by atoms with Gasteiger partial charge in [0.2, 0.25) is 5.91 Å². The Morgan fingerprint density at radius 1 is 1.12 bits per heavy atom. The van der Waals surface area contributed by atoms with Gasteiger partial charge in [-0.15, -0.1) is 10.2 Å². The lowest BCUT2D eigenvalue weighted by molar-refractivity contribution is -0.113. The maximum Gasteiger partial charge on any atom is 0.261 e. The standard InChI is InChI=1S/C24H26N6O2S/c1-15(2)17-8-10-18(11-9-17)26-22(31)14-33-24-28-27-21(29(24)4)13-19-16(3)25-20-7-5-6-12-30(20)23(19)32/h5-12,15H,13-14H2,1-4H3,(H,26,31). The summed E-state index contributed by atoms with van der Waals surface area (Å²) in [5.41, 5.74) is 3.74. The SMILES string of the molecule is Cc1nc2ccccn2c(=O)c1Cc1nnc(SCC(=O)Nc2ccc(C(C)C)cc2)n1C. The molecule has 0 fully saturated rings. The number of benzene rings is 1. The van der Waals surface area contributed by atoms with Gasteiger partial charge in [0.1, 0.15) is 11.5 Å². The van der Waals surface area contributed by atoms with E-state index in [1.54, 1.807) is 18.3 Å². The second-order valence-corrected chi connectivity index (χ2v) is 9.10. The van der Waals surface area contributed by atoms with Gasteiger partial charge in [-0.2, -0.15) is 0 Å². The number of fused-ring (bicyclic) bond motifs is 1. The second kappa shape index (κ2) is 9.58. The van der Waals surface area contributed by atoms with Gasteiger partial charge in [-0.05, 0) is 42.7 Å². The summed E-state index contributed by atoms with van der Waals surface area (Å²) >= 11 is 1.30. The van der Waals surface area contributed by atoms with Crippen molar-refractivity contribution in [1.82, 2.24) is 24.1 Å². The van der Waals surface area contributed by atoms with Gasteiger partial charge in [0.15, 0.2) is 5.16 Å². The van der Waals surface area contributed by atoms with Crippen molar-refractivity contribution in [3.8, 4) is 0 Å². The van der Waals surface area contributed by atoms with E-state index in [-0.39, 0.29) is 17.2 Å². The predicted octanol–water partition coefficient (Wildman–Crippen LogP) is 3.58. The summed E-state index contributed by atoms with van der Waals surface area (Å²) < 4.78 is 3.35. The minimum atomic E-state index is -0.116. The van der Waals surface area contributed by atoms with E-state index < -0.39 is 0 Å². The maximum atomic E-state index is 12.9. The summed E-state index contributed by atoms with van der Waals surface area (Å²) in [7, 11) is 1.83. The molecule has 1 aromatic carbocycles. The highest BCUT2D eigenvalue weighted by molar-refractivity contribution is 7.99. The number of rotatable bonds is 7. The number of pyridine rings is 1. The van der Waals surface area contributed by atoms with Crippen molar-refractivity contribution in [2.75, 3.05) is 11.1 Å². The molecule has 0 saturated carbocycles. The van der Waals surface area contributed by atoms with Crippen LogP contribution in [-0.4, -0.2) is 35.8 Å². The Balaban J connectivity index is 1.43. The fraction of sp³-hybridized carbons (Fsp3) is 0.292. The minimum absolute atomic E-state index is 0.113. The van der Waals surface area contributed by atoms with Crippen molar-refractivity contribution >= 4 is 29.0 Å². The topological polar surface area (TPSA) is 94.2 Å². The second-order valence-electron chi connectivity index (χ2n) is 8.16. The first kappa shape index (κ1) is 22.7. The lowest BCUT2D eigenvalue weighted by Gasteiger charge is -2.09. The van der Waals surface area contributed by atoms with Crippen LogP contribution in [0.4, 0.5) is 5.69 Å². The highest BCUT2D eigenvalue weighted by Gasteiger charge is 2.16. The van der Waals surface area contributed by atoms with Gasteiger partial charge < -0.3 is 9.88 Å². The zero-order valence-corrected chi connectivity index (χ0v) is 19.9. The molecule has 33 heavy (non-hydrogen) atoms. The van der Waals surface area contributed by atoms with Crippen LogP contribution in [0.15, 0.2) is 58.6 Å². The molecule has 0 saturated heterocycles. The third-order valence-corrected chi connectivity index (χ3v) is 6.51. The Morgan fingerprint density at radius 3 is 2.61 bits per heavy atom. The van der Waals surface area contributed by atoms with Crippen LogP contribution in [0.2, 0.25) is 0 Å². The number of nitrogens with zero attached hydrogens (tertiary/aromatic N) is 5. The highest BCUT2D eigenvalue weighted by Crippen LogP contribution is 2.20. The molecule has 0 aliphatic rings. The van der Waals surface area contributed by atoms with Gasteiger partial charge in [-0.25, -0.2) is 4.98 Å². The molecule has 0 aliphatic heterocycles. The first-order valence-electron chi connectivity index (χ1n) is 10.7. The first-order valence-corrected chi connectivity index (χ1v) is 11.7. The average Bonchev–Trinajstić information content (AvgIpc) is 3.14. The molecule has 8 nitrogen and oxygen atoms in total. The Kier molecular flexibility index (Phi) is 6.60. The molecule has 3 heterocycles. The summed E-state index contributed by atoms with van der Waals surface area (Å²) in [6, 6.07) is 13.3. The van der Waals surface area contributed by atoms with Crippen molar-refractivity contribution in [1.29, 1.82) is 0 Å². The van der Waals surface area contributed by atoms with Crippen LogP contribution in [0, 0.1) is 6.92 Å². The van der Waals surface area contributed by atoms with Crippen LogP contribution in [0.25, 0.3) is 5.65 Å². The summed E-state index contributed by atoms with van der Waals surface area (Å²) in [5.74, 6) is 1.17. The Bertz CT molecular complexity index is 1360. The maximum absolute atomic E-state index is 12.9. The zero-order chi connectivity index (χ0) is 23.5. The molecule has 0 atom stereocenters. The van der Waals surface area contributed by atoms with E-state index >= 15 is 0 Å². The molecule has 0 spiro atoms. The smallest absolute Gasteiger partial charge is 0.261 e. The molecule has 4 rings (SSSR count). The number of aromatic nitrogens is 5. The van der Waals surface area contributed by atoms with Crippen molar-refractivity contribution in [3.05, 3.63) is 81.7 Å². The summed E-state index contributed by atoms with van der Waals surface area (Å²) in [4.78, 5) is 29.8. The molecule has 3 aromatic heterocycles. The molecule has 170 valence electrons. The van der Waals surface area contributed by atoms with Crippen LogP contribution in [0.5, 0.6) is 0 Å². The van der Waals surface area contributed by atoms with E-state index in [1.165, 1.54) is 21.7 Å². The largest absolute Gasteiger partial charge is 0.325 e. The van der Waals surface area contributed by atoms with E-state index in [1.807, 2.05) is 48.9 Å². The van der Waals surface area contributed by atoms with Crippen LogP contribution in [-0.2, 0) is 18.3 Å². The van der Waals surface area contributed by atoms with Crippen LogP contribution >= 0.6 is 11.8 Å². The van der Waals surface area contributed by atoms with Crippen molar-refractivity contribution in [2.24, 2.45) is 7.05 Å². The fourth-order valence-corrected chi connectivity index (χ4v) is 4.23. The van der Waals surface area contributed by atoms with Gasteiger partial charge >= 0.3 is 0 Å². The van der Waals surface area contributed by atoms with E-state index in [0.29, 0.717) is 40.2 Å².